The first kappa shape index (κ1) is 8.80. The third-order valence-corrected chi connectivity index (χ3v) is 1.56. The van der Waals surface area contributed by atoms with E-state index in [1.165, 1.54) is 6.07 Å². The summed E-state index contributed by atoms with van der Waals surface area (Å²) in [6, 6.07) is 3.09. The molecule has 4 nitrogen and oxygen atoms in total. The van der Waals surface area contributed by atoms with E-state index >= 15 is 0 Å². The Labute approximate surface area is 70.6 Å². The quantitative estimate of drug-likeness (QED) is 0.695. The third kappa shape index (κ3) is 2.10. The number of methoxy groups -OCH3 is 1. The summed E-state index contributed by atoms with van der Waals surface area (Å²) in [5, 5.41) is 0. The highest BCUT2D eigenvalue weighted by Crippen LogP contribution is 1.93. The molecule has 0 saturated heterocycles. The topological polar surface area (TPSA) is 57.2 Å². The van der Waals surface area contributed by atoms with E-state index in [0.29, 0.717) is 18.8 Å². The van der Waals surface area contributed by atoms with Gasteiger partial charge >= 0.3 is 0 Å². The zero-order chi connectivity index (χ0) is 8.97. The molecule has 0 aromatic carbocycles. The molecule has 2 N–H and O–H groups in total. The van der Waals surface area contributed by atoms with Crippen LogP contribution in [0.3, 0.4) is 0 Å². The van der Waals surface area contributed by atoms with E-state index < -0.39 is 0 Å². The fourth-order valence-corrected chi connectivity index (χ4v) is 0.897. The second-order valence-electron chi connectivity index (χ2n) is 2.48. The summed E-state index contributed by atoms with van der Waals surface area (Å²) >= 11 is 0. The Morgan fingerprint density at radius 3 is 3.00 bits per heavy atom. The van der Waals surface area contributed by atoms with Crippen LogP contribution in [0.25, 0.3) is 0 Å². The fourth-order valence-electron chi connectivity index (χ4n) is 0.897. The van der Waals surface area contributed by atoms with E-state index in [0.717, 1.165) is 0 Å². The number of hydrogen-bond donors (Lipinski definition) is 1. The largest absolute Gasteiger partial charge is 0.399 e. The van der Waals surface area contributed by atoms with Gasteiger partial charge in [0.1, 0.15) is 0 Å². The highest BCUT2D eigenvalue weighted by molar-refractivity contribution is 5.34. The Morgan fingerprint density at radius 1 is 1.67 bits per heavy atom. The van der Waals surface area contributed by atoms with E-state index in [-0.39, 0.29) is 5.56 Å². The molecule has 0 bridgehead atoms. The van der Waals surface area contributed by atoms with E-state index in [1.807, 2.05) is 0 Å². The van der Waals surface area contributed by atoms with Crippen LogP contribution in [0.1, 0.15) is 0 Å². The molecule has 12 heavy (non-hydrogen) atoms. The summed E-state index contributed by atoms with van der Waals surface area (Å²) < 4.78 is 6.40. The Bertz CT molecular complexity index is 306. The zero-order valence-electron chi connectivity index (χ0n) is 6.99. The molecular weight excluding hydrogens is 156 g/mol. The van der Waals surface area contributed by atoms with Crippen molar-refractivity contribution in [3.8, 4) is 0 Å². The lowest BCUT2D eigenvalue weighted by atomic mass is 10.4. The van der Waals surface area contributed by atoms with Crippen molar-refractivity contribution in [1.82, 2.24) is 4.57 Å². The summed E-state index contributed by atoms with van der Waals surface area (Å²) in [7, 11) is 1.60. The Hall–Kier alpha value is -1.29. The maximum atomic E-state index is 11.2. The van der Waals surface area contributed by atoms with Gasteiger partial charge in [-0.2, -0.15) is 0 Å². The first-order valence-corrected chi connectivity index (χ1v) is 3.69. The van der Waals surface area contributed by atoms with Gasteiger partial charge in [-0.15, -0.1) is 0 Å². The molecule has 1 aromatic rings. The Morgan fingerprint density at radius 2 is 2.42 bits per heavy atom. The molecule has 0 radical (unpaired) electrons. The molecule has 0 amide bonds. The molecule has 0 fully saturated rings. The molecule has 0 aliphatic rings. The highest BCUT2D eigenvalue weighted by atomic mass is 16.5. The van der Waals surface area contributed by atoms with E-state index in [1.54, 1.807) is 23.9 Å². The number of ether oxygens (including phenoxy) is 1. The van der Waals surface area contributed by atoms with Crippen LogP contribution in [0.2, 0.25) is 0 Å². The molecule has 1 heterocycles. The van der Waals surface area contributed by atoms with Crippen molar-refractivity contribution < 1.29 is 4.74 Å². The number of nitrogens with zero attached hydrogens (tertiary/aromatic N) is 1. The van der Waals surface area contributed by atoms with Crippen molar-refractivity contribution in [2.75, 3.05) is 19.5 Å². The van der Waals surface area contributed by atoms with Crippen molar-refractivity contribution in [2.24, 2.45) is 0 Å². The average Bonchev–Trinajstić information content (AvgIpc) is 2.03. The molecule has 4 heteroatoms. The van der Waals surface area contributed by atoms with Gasteiger partial charge in [0.15, 0.2) is 0 Å². The van der Waals surface area contributed by atoms with Crippen molar-refractivity contribution in [3.63, 3.8) is 0 Å². The number of nitrogens with two attached hydrogens (primary N) is 1. The van der Waals surface area contributed by atoms with Crippen LogP contribution in [-0.4, -0.2) is 18.3 Å². The van der Waals surface area contributed by atoms with Crippen molar-refractivity contribution in [2.45, 2.75) is 6.54 Å². The minimum absolute atomic E-state index is 0.0907. The normalized spacial score (nSPS) is 10.1. The predicted molar refractivity (Wildman–Crippen MR) is 47.0 cm³/mol. The lowest BCUT2D eigenvalue weighted by Crippen LogP contribution is -2.20. The monoisotopic (exact) mass is 168 g/mol. The van der Waals surface area contributed by atoms with Crippen LogP contribution in [-0.2, 0) is 11.3 Å². The second kappa shape index (κ2) is 3.92. The predicted octanol–water partition coefficient (Wildman–Crippen LogP) is 0.0769. The molecule has 0 aliphatic heterocycles. The number of aromatic nitrogens is 1. The SMILES string of the molecule is COCCn1ccc(N)cc1=O. The molecule has 0 aliphatic carbocycles. The number of nitrogen functional groups attached to an aromatic ring is 1. The number of anilines is 1. The highest BCUT2D eigenvalue weighted by Gasteiger charge is 1.94. The van der Waals surface area contributed by atoms with Gasteiger partial charge in [0, 0.05) is 31.6 Å². The molecule has 66 valence electrons. The Kier molecular flexibility index (Phi) is 2.88. The average molecular weight is 168 g/mol. The molecule has 0 atom stereocenters. The van der Waals surface area contributed by atoms with E-state index in [9.17, 15) is 4.79 Å². The van der Waals surface area contributed by atoms with Crippen LogP contribution >= 0.6 is 0 Å². The van der Waals surface area contributed by atoms with Gasteiger partial charge in [-0.05, 0) is 6.07 Å². The summed E-state index contributed by atoms with van der Waals surface area (Å²) in [6.07, 6.45) is 1.66. The van der Waals surface area contributed by atoms with E-state index in [4.69, 9.17) is 10.5 Å². The second-order valence-corrected chi connectivity index (χ2v) is 2.48. The van der Waals surface area contributed by atoms with Crippen LogP contribution in [0.5, 0.6) is 0 Å². The van der Waals surface area contributed by atoms with Crippen LogP contribution < -0.4 is 11.3 Å². The lowest BCUT2D eigenvalue weighted by Gasteiger charge is -2.03. The van der Waals surface area contributed by atoms with Gasteiger partial charge in [0.2, 0.25) is 0 Å². The maximum Gasteiger partial charge on any atom is 0.252 e. The molecule has 0 unspecified atom stereocenters. The minimum atomic E-state index is -0.0907. The fraction of sp³-hybridized carbons (Fsp3) is 0.375. The van der Waals surface area contributed by atoms with Gasteiger partial charge < -0.3 is 15.0 Å². The molecule has 0 saturated carbocycles. The van der Waals surface area contributed by atoms with E-state index in [2.05, 4.69) is 0 Å². The van der Waals surface area contributed by atoms with Gasteiger partial charge in [0.05, 0.1) is 6.61 Å². The van der Waals surface area contributed by atoms with Crippen LogP contribution in [0.15, 0.2) is 23.1 Å². The molecule has 1 aromatic heterocycles. The number of hydrogen-bond acceptors (Lipinski definition) is 3. The van der Waals surface area contributed by atoms with Crippen LogP contribution in [0, 0.1) is 0 Å². The maximum absolute atomic E-state index is 11.2. The van der Waals surface area contributed by atoms with Gasteiger partial charge in [-0.1, -0.05) is 0 Å². The van der Waals surface area contributed by atoms with Crippen LogP contribution in [0.4, 0.5) is 5.69 Å². The standard InChI is InChI=1S/C8H12N2O2/c1-12-5-4-10-3-2-7(9)6-8(10)11/h2-3,6H,4-5,9H2,1H3. The summed E-state index contributed by atoms with van der Waals surface area (Å²) in [4.78, 5) is 11.2. The van der Waals surface area contributed by atoms with Crippen molar-refractivity contribution in [3.05, 3.63) is 28.7 Å². The van der Waals surface area contributed by atoms with Crippen molar-refractivity contribution >= 4 is 5.69 Å². The minimum Gasteiger partial charge on any atom is -0.399 e. The van der Waals surface area contributed by atoms with Gasteiger partial charge in [-0.3, -0.25) is 4.79 Å². The number of pyridine rings is 1. The van der Waals surface area contributed by atoms with Gasteiger partial charge in [-0.25, -0.2) is 0 Å². The summed E-state index contributed by atoms with van der Waals surface area (Å²) in [5.41, 5.74) is 5.82. The van der Waals surface area contributed by atoms with Gasteiger partial charge in [0.25, 0.3) is 5.56 Å². The summed E-state index contributed by atoms with van der Waals surface area (Å²) in [6.45, 7) is 1.10. The molecule has 1 rings (SSSR count). The Balaban J connectivity index is 2.80. The molecule has 0 spiro atoms. The lowest BCUT2D eigenvalue weighted by molar-refractivity contribution is 0.186. The summed E-state index contributed by atoms with van der Waals surface area (Å²) in [5.74, 6) is 0. The smallest absolute Gasteiger partial charge is 0.252 e. The third-order valence-electron chi connectivity index (χ3n) is 1.56. The molecular formula is C8H12N2O2. The first-order chi connectivity index (χ1) is 5.74. The first-order valence-electron chi connectivity index (χ1n) is 3.69. The van der Waals surface area contributed by atoms with Crippen molar-refractivity contribution in [1.29, 1.82) is 0 Å². The number of rotatable bonds is 3. The zero-order valence-corrected chi connectivity index (χ0v) is 6.99.